The fourth-order valence-electron chi connectivity index (χ4n) is 3.45. The van der Waals surface area contributed by atoms with Crippen molar-refractivity contribution in [3.8, 4) is 22.9 Å². The number of ether oxygens (including phenoxy) is 1. The van der Waals surface area contributed by atoms with Crippen LogP contribution in [0.15, 0.2) is 63.8 Å². The van der Waals surface area contributed by atoms with E-state index < -0.39 is 11.2 Å². The highest BCUT2D eigenvalue weighted by molar-refractivity contribution is 5.93. The molecule has 0 bridgehead atoms. The van der Waals surface area contributed by atoms with Gasteiger partial charge in [-0.05, 0) is 48.9 Å². The van der Waals surface area contributed by atoms with Crippen molar-refractivity contribution < 1.29 is 13.9 Å². The maximum Gasteiger partial charge on any atom is 0.336 e. The molecule has 0 spiro atoms. The molecule has 1 N–H and O–H groups in total. The second-order valence-electron chi connectivity index (χ2n) is 7.43. The van der Waals surface area contributed by atoms with Gasteiger partial charge in [-0.15, -0.1) is 0 Å². The lowest BCUT2D eigenvalue weighted by molar-refractivity contribution is -0.124. The average molecular weight is 388 g/mol. The van der Waals surface area contributed by atoms with Crippen LogP contribution in [0.3, 0.4) is 0 Å². The van der Waals surface area contributed by atoms with Gasteiger partial charge in [0, 0.05) is 17.5 Å². The molecule has 6 heteroatoms. The van der Waals surface area contributed by atoms with Crippen LogP contribution in [0, 0.1) is 17.2 Å². The van der Waals surface area contributed by atoms with Crippen molar-refractivity contribution in [2.75, 3.05) is 6.61 Å². The Morgan fingerprint density at radius 2 is 2.00 bits per heavy atom. The largest absolute Gasteiger partial charge is 0.484 e. The molecule has 1 saturated carbocycles. The van der Waals surface area contributed by atoms with E-state index in [4.69, 9.17) is 9.15 Å². The van der Waals surface area contributed by atoms with Crippen LogP contribution >= 0.6 is 0 Å². The normalized spacial score (nSPS) is 15.3. The molecule has 2 aromatic carbocycles. The van der Waals surface area contributed by atoms with Crippen molar-refractivity contribution in [1.82, 2.24) is 5.32 Å². The topological polar surface area (TPSA) is 92.3 Å². The van der Waals surface area contributed by atoms with Gasteiger partial charge >= 0.3 is 5.63 Å². The van der Waals surface area contributed by atoms with Crippen LogP contribution in [0.5, 0.6) is 5.75 Å². The van der Waals surface area contributed by atoms with E-state index in [1.165, 1.54) is 6.07 Å². The second-order valence-corrected chi connectivity index (χ2v) is 7.43. The molecule has 0 radical (unpaired) electrons. The molecule has 1 aromatic heterocycles. The summed E-state index contributed by atoms with van der Waals surface area (Å²) in [6.07, 6.45) is 1.89. The lowest BCUT2D eigenvalue weighted by Gasteiger charge is -2.22. The first-order valence-corrected chi connectivity index (χ1v) is 9.47. The van der Waals surface area contributed by atoms with Gasteiger partial charge < -0.3 is 14.5 Å². The van der Waals surface area contributed by atoms with Crippen LogP contribution in [0.2, 0.25) is 0 Å². The molecule has 0 aliphatic heterocycles. The van der Waals surface area contributed by atoms with Crippen molar-refractivity contribution >= 4 is 16.9 Å². The lowest BCUT2D eigenvalue weighted by atomic mass is 9.98. The molecule has 1 aliphatic carbocycles. The summed E-state index contributed by atoms with van der Waals surface area (Å²) in [5.74, 6) is 0.245. The Morgan fingerprint density at radius 3 is 2.69 bits per heavy atom. The van der Waals surface area contributed by atoms with Gasteiger partial charge in [0.05, 0.1) is 6.07 Å². The van der Waals surface area contributed by atoms with Gasteiger partial charge in [0.25, 0.3) is 5.91 Å². The Morgan fingerprint density at radius 1 is 1.24 bits per heavy atom. The van der Waals surface area contributed by atoms with E-state index in [-0.39, 0.29) is 18.4 Å². The molecule has 1 heterocycles. The zero-order valence-corrected chi connectivity index (χ0v) is 16.0. The van der Waals surface area contributed by atoms with Crippen LogP contribution in [-0.2, 0) is 4.79 Å². The molecule has 0 saturated heterocycles. The Labute approximate surface area is 167 Å². The molecule has 146 valence electrons. The predicted molar refractivity (Wildman–Crippen MR) is 108 cm³/mol. The highest BCUT2D eigenvalue weighted by Gasteiger charge is 2.43. The van der Waals surface area contributed by atoms with E-state index in [2.05, 4.69) is 11.4 Å². The van der Waals surface area contributed by atoms with E-state index in [1.54, 1.807) is 25.1 Å². The first kappa shape index (κ1) is 18.8. The maximum atomic E-state index is 12.2. The molecular weight excluding hydrogens is 368 g/mol. The first-order chi connectivity index (χ1) is 14.0. The fourth-order valence-corrected chi connectivity index (χ4v) is 3.45. The van der Waals surface area contributed by atoms with Crippen LogP contribution in [0.25, 0.3) is 22.1 Å². The summed E-state index contributed by atoms with van der Waals surface area (Å²) in [7, 11) is 0. The summed E-state index contributed by atoms with van der Waals surface area (Å²) in [6.45, 7) is 1.51. The van der Waals surface area contributed by atoms with Gasteiger partial charge in [0.15, 0.2) is 6.61 Å². The fraction of sp³-hybridized carbons (Fsp3) is 0.261. The van der Waals surface area contributed by atoms with Crippen molar-refractivity contribution in [3.05, 3.63) is 65.0 Å². The number of nitrogens with one attached hydrogen (secondary N) is 1. The summed E-state index contributed by atoms with van der Waals surface area (Å²) in [5, 5.41) is 12.9. The second kappa shape index (κ2) is 7.44. The Bertz CT molecular complexity index is 1160. The molecule has 3 aromatic rings. The van der Waals surface area contributed by atoms with Crippen molar-refractivity contribution in [2.45, 2.75) is 25.3 Å². The van der Waals surface area contributed by atoms with E-state index in [0.717, 1.165) is 29.4 Å². The lowest BCUT2D eigenvalue weighted by Crippen LogP contribution is -2.48. The quantitative estimate of drug-likeness (QED) is 0.651. The van der Waals surface area contributed by atoms with Gasteiger partial charge in [0.1, 0.15) is 16.9 Å². The molecule has 1 amide bonds. The van der Waals surface area contributed by atoms with Gasteiger partial charge in [-0.1, -0.05) is 30.3 Å². The third-order valence-electron chi connectivity index (χ3n) is 5.20. The number of hydrogen-bond donors (Lipinski definition) is 1. The number of rotatable bonds is 6. The predicted octanol–water partition coefficient (Wildman–Crippen LogP) is 3.65. The highest BCUT2D eigenvalue weighted by Crippen LogP contribution is 2.39. The number of amides is 1. The van der Waals surface area contributed by atoms with E-state index >= 15 is 0 Å². The smallest absolute Gasteiger partial charge is 0.336 e. The molecule has 1 aliphatic rings. The van der Waals surface area contributed by atoms with Crippen molar-refractivity contribution in [3.63, 3.8) is 0 Å². The molecule has 6 nitrogen and oxygen atoms in total. The number of benzene rings is 2. The first-order valence-electron chi connectivity index (χ1n) is 9.47. The highest BCUT2D eigenvalue weighted by atomic mass is 16.5. The average Bonchev–Trinajstić information content (AvgIpc) is 3.58. The minimum atomic E-state index is -0.860. The summed E-state index contributed by atoms with van der Waals surface area (Å²) in [5.41, 5.74) is 0.750. The summed E-state index contributed by atoms with van der Waals surface area (Å²) in [6, 6.07) is 18.4. The van der Waals surface area contributed by atoms with Crippen LogP contribution < -0.4 is 15.7 Å². The molecule has 0 unspecified atom stereocenters. The minimum absolute atomic E-state index is 0.197. The van der Waals surface area contributed by atoms with E-state index in [1.807, 2.05) is 30.3 Å². The van der Waals surface area contributed by atoms with E-state index in [9.17, 15) is 14.9 Å². The zero-order valence-electron chi connectivity index (χ0n) is 16.0. The number of nitriles is 1. The van der Waals surface area contributed by atoms with Gasteiger partial charge in [-0.3, -0.25) is 4.79 Å². The summed E-state index contributed by atoms with van der Waals surface area (Å²) in [4.78, 5) is 24.2. The molecular formula is C23H20N2O4. The number of carbonyl (C=O) groups is 1. The molecule has 29 heavy (non-hydrogen) atoms. The van der Waals surface area contributed by atoms with Crippen LogP contribution in [-0.4, -0.2) is 18.1 Å². The van der Waals surface area contributed by atoms with Crippen molar-refractivity contribution in [1.29, 1.82) is 5.26 Å². The Kier molecular flexibility index (Phi) is 4.81. The third kappa shape index (κ3) is 3.99. The van der Waals surface area contributed by atoms with Crippen LogP contribution in [0.1, 0.15) is 19.8 Å². The SMILES string of the molecule is C[C@@](C#N)(NC(=O)COc1ccc2c(-c3ccccc3)cc(=O)oc2c1)C1CC1. The standard InChI is InChI=1S/C23H20N2O4/c1-23(14-24,16-7-8-16)25-21(26)13-28-17-9-10-18-19(15-5-3-2-4-6-15)12-22(27)29-20(18)11-17/h2-6,9-12,16H,7-8,13H2,1H3,(H,25,26)/t23-/m0/s1. The number of fused-ring (bicyclic) bond motifs is 1. The molecule has 4 rings (SSSR count). The summed E-state index contributed by atoms with van der Waals surface area (Å²) < 4.78 is 10.9. The third-order valence-corrected chi connectivity index (χ3v) is 5.20. The Hall–Kier alpha value is -3.59. The van der Waals surface area contributed by atoms with Gasteiger partial charge in [-0.2, -0.15) is 5.26 Å². The van der Waals surface area contributed by atoms with Gasteiger partial charge in [-0.25, -0.2) is 4.79 Å². The number of carbonyl (C=O) groups excluding carboxylic acids is 1. The number of hydrogen-bond acceptors (Lipinski definition) is 5. The minimum Gasteiger partial charge on any atom is -0.484 e. The number of nitrogens with zero attached hydrogens (tertiary/aromatic N) is 1. The van der Waals surface area contributed by atoms with E-state index in [0.29, 0.717) is 11.3 Å². The monoisotopic (exact) mass is 388 g/mol. The van der Waals surface area contributed by atoms with Crippen LogP contribution in [0.4, 0.5) is 0 Å². The van der Waals surface area contributed by atoms with Crippen molar-refractivity contribution in [2.24, 2.45) is 5.92 Å². The summed E-state index contributed by atoms with van der Waals surface area (Å²) >= 11 is 0. The van der Waals surface area contributed by atoms with Gasteiger partial charge in [0.2, 0.25) is 0 Å². The zero-order chi connectivity index (χ0) is 20.4. The Balaban J connectivity index is 1.53. The molecule has 1 atom stereocenters. The maximum absolute atomic E-state index is 12.2. The molecule has 1 fully saturated rings.